The fourth-order valence-corrected chi connectivity index (χ4v) is 2.48. The van der Waals surface area contributed by atoms with E-state index < -0.39 is 0 Å². The van der Waals surface area contributed by atoms with E-state index in [1.54, 1.807) is 24.3 Å². The standard InChI is InChI=1S/C18H16N6O3/c1-11-19-17(23-22-11)12-4-6-13(7-5-12)20-15(25)8-9-16-21-18(24-27-16)14-3-2-10-26-14/h2-7,10H,8-9H2,1H3,(H,20,25)(H,19,22,23). The summed E-state index contributed by atoms with van der Waals surface area (Å²) in [6, 6.07) is 10.8. The quantitative estimate of drug-likeness (QED) is 0.539. The van der Waals surface area contributed by atoms with Gasteiger partial charge in [0.2, 0.25) is 17.6 Å². The van der Waals surface area contributed by atoms with Crippen LogP contribution in [0.4, 0.5) is 5.69 Å². The molecule has 0 atom stereocenters. The summed E-state index contributed by atoms with van der Waals surface area (Å²) >= 11 is 0. The Labute approximate surface area is 153 Å². The van der Waals surface area contributed by atoms with E-state index in [2.05, 4.69) is 30.6 Å². The molecule has 2 N–H and O–H groups in total. The molecular weight excluding hydrogens is 348 g/mol. The van der Waals surface area contributed by atoms with Crippen LogP contribution in [0.25, 0.3) is 23.0 Å². The molecule has 3 aromatic heterocycles. The van der Waals surface area contributed by atoms with E-state index in [9.17, 15) is 4.79 Å². The van der Waals surface area contributed by atoms with Crippen LogP contribution >= 0.6 is 0 Å². The van der Waals surface area contributed by atoms with Gasteiger partial charge in [-0.25, -0.2) is 4.98 Å². The van der Waals surface area contributed by atoms with Gasteiger partial charge < -0.3 is 14.3 Å². The Balaban J connectivity index is 1.31. The number of aromatic amines is 1. The van der Waals surface area contributed by atoms with E-state index in [4.69, 9.17) is 8.94 Å². The van der Waals surface area contributed by atoms with Crippen LogP contribution in [-0.4, -0.2) is 31.2 Å². The molecule has 0 spiro atoms. The normalized spacial score (nSPS) is 10.9. The Bertz CT molecular complexity index is 1030. The Hall–Kier alpha value is -3.75. The highest BCUT2D eigenvalue weighted by Gasteiger charge is 2.12. The molecular formula is C18H16N6O3. The van der Waals surface area contributed by atoms with Gasteiger partial charge in [-0.3, -0.25) is 9.89 Å². The van der Waals surface area contributed by atoms with Gasteiger partial charge in [-0.1, -0.05) is 5.16 Å². The third-order valence-electron chi connectivity index (χ3n) is 3.80. The minimum Gasteiger partial charge on any atom is -0.461 e. The fraction of sp³-hybridized carbons (Fsp3) is 0.167. The Kier molecular flexibility index (Phi) is 4.48. The largest absolute Gasteiger partial charge is 0.461 e. The van der Waals surface area contributed by atoms with Crippen LogP contribution in [0, 0.1) is 6.92 Å². The molecule has 0 saturated heterocycles. The molecule has 0 aliphatic rings. The number of amides is 1. The van der Waals surface area contributed by atoms with Gasteiger partial charge in [0.25, 0.3) is 0 Å². The van der Waals surface area contributed by atoms with Gasteiger partial charge in [0.15, 0.2) is 11.6 Å². The van der Waals surface area contributed by atoms with Gasteiger partial charge in [-0.15, -0.1) is 0 Å². The monoisotopic (exact) mass is 364 g/mol. The third kappa shape index (κ3) is 3.92. The number of hydrogen-bond acceptors (Lipinski definition) is 7. The van der Waals surface area contributed by atoms with Crippen molar-refractivity contribution in [3.05, 3.63) is 54.4 Å². The highest BCUT2D eigenvalue weighted by atomic mass is 16.5. The molecule has 0 bridgehead atoms. The Morgan fingerprint density at radius 3 is 2.70 bits per heavy atom. The second-order valence-electron chi connectivity index (χ2n) is 5.86. The highest BCUT2D eigenvalue weighted by molar-refractivity contribution is 5.91. The summed E-state index contributed by atoms with van der Waals surface area (Å²) in [4.78, 5) is 20.6. The lowest BCUT2D eigenvalue weighted by atomic mass is 10.2. The second kappa shape index (κ2) is 7.24. The van der Waals surface area contributed by atoms with Crippen molar-refractivity contribution in [3.8, 4) is 23.0 Å². The van der Waals surface area contributed by atoms with Crippen LogP contribution in [0.2, 0.25) is 0 Å². The zero-order chi connectivity index (χ0) is 18.6. The highest BCUT2D eigenvalue weighted by Crippen LogP contribution is 2.19. The number of hydrogen-bond donors (Lipinski definition) is 2. The molecule has 136 valence electrons. The Morgan fingerprint density at radius 1 is 1.15 bits per heavy atom. The van der Waals surface area contributed by atoms with E-state index in [0.29, 0.717) is 35.4 Å². The minimum atomic E-state index is -0.144. The maximum absolute atomic E-state index is 12.1. The van der Waals surface area contributed by atoms with Gasteiger partial charge in [0.05, 0.1) is 6.26 Å². The maximum Gasteiger partial charge on any atom is 0.238 e. The maximum atomic E-state index is 12.1. The minimum absolute atomic E-state index is 0.144. The number of carbonyl (C=O) groups is 1. The van der Waals surface area contributed by atoms with Crippen LogP contribution < -0.4 is 5.32 Å². The number of benzene rings is 1. The van der Waals surface area contributed by atoms with E-state index in [1.165, 1.54) is 6.26 Å². The van der Waals surface area contributed by atoms with Crippen molar-refractivity contribution < 1.29 is 13.7 Å². The topological polar surface area (TPSA) is 123 Å². The van der Waals surface area contributed by atoms with Crippen molar-refractivity contribution in [1.82, 2.24) is 25.3 Å². The van der Waals surface area contributed by atoms with Gasteiger partial charge >= 0.3 is 0 Å². The lowest BCUT2D eigenvalue weighted by Gasteiger charge is -2.04. The average Bonchev–Trinajstić information content (AvgIpc) is 3.42. The van der Waals surface area contributed by atoms with E-state index in [-0.39, 0.29) is 12.3 Å². The predicted octanol–water partition coefficient (Wildman–Crippen LogP) is 2.99. The van der Waals surface area contributed by atoms with Crippen LogP contribution in [0.15, 0.2) is 51.6 Å². The molecule has 0 aliphatic carbocycles. The van der Waals surface area contributed by atoms with E-state index >= 15 is 0 Å². The summed E-state index contributed by atoms with van der Waals surface area (Å²) in [5.41, 5.74) is 1.56. The molecule has 4 rings (SSSR count). The summed E-state index contributed by atoms with van der Waals surface area (Å²) in [5.74, 6) is 2.50. The number of furan rings is 1. The lowest BCUT2D eigenvalue weighted by Crippen LogP contribution is -2.12. The first-order valence-corrected chi connectivity index (χ1v) is 8.33. The fourth-order valence-electron chi connectivity index (χ4n) is 2.48. The summed E-state index contributed by atoms with van der Waals surface area (Å²) in [6.45, 7) is 1.84. The SMILES string of the molecule is Cc1nc(-c2ccc(NC(=O)CCc3nc(-c4ccco4)no3)cc2)n[nH]1. The number of H-pyrrole nitrogens is 1. The third-order valence-corrected chi connectivity index (χ3v) is 3.80. The second-order valence-corrected chi connectivity index (χ2v) is 5.86. The molecule has 27 heavy (non-hydrogen) atoms. The average molecular weight is 364 g/mol. The van der Waals surface area contributed by atoms with Crippen molar-refractivity contribution in [1.29, 1.82) is 0 Å². The zero-order valence-corrected chi connectivity index (χ0v) is 14.5. The van der Waals surface area contributed by atoms with Crippen LogP contribution in [0.1, 0.15) is 18.1 Å². The van der Waals surface area contributed by atoms with Gasteiger partial charge in [0.1, 0.15) is 5.82 Å². The molecule has 9 heteroatoms. The molecule has 0 aliphatic heterocycles. The number of aromatic nitrogens is 5. The lowest BCUT2D eigenvalue weighted by molar-refractivity contribution is -0.116. The van der Waals surface area contributed by atoms with Crippen LogP contribution in [-0.2, 0) is 11.2 Å². The number of carbonyl (C=O) groups excluding carboxylic acids is 1. The number of rotatable bonds is 6. The van der Waals surface area contributed by atoms with E-state index in [0.717, 1.165) is 11.4 Å². The summed E-state index contributed by atoms with van der Waals surface area (Å²) < 4.78 is 10.3. The van der Waals surface area contributed by atoms with Crippen LogP contribution in [0.3, 0.4) is 0 Å². The first-order chi connectivity index (χ1) is 13.2. The number of anilines is 1. The Morgan fingerprint density at radius 2 is 2.00 bits per heavy atom. The molecule has 4 aromatic rings. The van der Waals surface area contributed by atoms with Gasteiger partial charge in [-0.2, -0.15) is 10.1 Å². The smallest absolute Gasteiger partial charge is 0.238 e. The number of nitrogens with zero attached hydrogens (tertiary/aromatic N) is 4. The van der Waals surface area contributed by atoms with Crippen molar-refractivity contribution >= 4 is 11.6 Å². The summed E-state index contributed by atoms with van der Waals surface area (Å²) in [7, 11) is 0. The molecule has 1 amide bonds. The first-order valence-electron chi connectivity index (χ1n) is 8.33. The van der Waals surface area contributed by atoms with E-state index in [1.807, 2.05) is 19.1 Å². The van der Waals surface area contributed by atoms with Crippen molar-refractivity contribution in [2.24, 2.45) is 0 Å². The molecule has 9 nitrogen and oxygen atoms in total. The summed E-state index contributed by atoms with van der Waals surface area (Å²) in [6.07, 6.45) is 2.10. The zero-order valence-electron chi connectivity index (χ0n) is 14.5. The molecule has 0 fully saturated rings. The molecule has 1 aromatic carbocycles. The van der Waals surface area contributed by atoms with Crippen molar-refractivity contribution in [3.63, 3.8) is 0 Å². The van der Waals surface area contributed by atoms with Gasteiger partial charge in [0, 0.05) is 24.1 Å². The number of nitrogens with one attached hydrogen (secondary N) is 2. The molecule has 0 radical (unpaired) electrons. The molecule has 3 heterocycles. The van der Waals surface area contributed by atoms with Gasteiger partial charge in [-0.05, 0) is 43.3 Å². The number of aryl methyl sites for hydroxylation is 2. The first kappa shape index (κ1) is 16.7. The predicted molar refractivity (Wildman–Crippen MR) is 95.5 cm³/mol. The van der Waals surface area contributed by atoms with Crippen molar-refractivity contribution in [2.75, 3.05) is 5.32 Å². The molecule has 0 saturated carbocycles. The van der Waals surface area contributed by atoms with Crippen molar-refractivity contribution in [2.45, 2.75) is 19.8 Å². The van der Waals surface area contributed by atoms with Crippen LogP contribution in [0.5, 0.6) is 0 Å². The molecule has 0 unspecified atom stereocenters. The summed E-state index contributed by atoms with van der Waals surface area (Å²) in [5, 5.41) is 13.6.